The molecule has 0 radical (unpaired) electrons. The molecule has 1 aromatic carbocycles. The highest BCUT2D eigenvalue weighted by Crippen LogP contribution is 2.25. The molecule has 2 unspecified atom stereocenters. The number of hydrogen-bond acceptors (Lipinski definition) is 2. The number of hydrogen-bond donors (Lipinski definition) is 1. The fourth-order valence-electron chi connectivity index (χ4n) is 3.26. The van der Waals surface area contributed by atoms with Crippen LogP contribution < -0.4 is 0 Å². The molecule has 4 nitrogen and oxygen atoms in total. The molecule has 0 saturated carbocycles. The molecule has 1 amide bonds. The summed E-state index contributed by atoms with van der Waals surface area (Å²) in [6.45, 7) is 6.32. The molecule has 2 atom stereocenters. The van der Waals surface area contributed by atoms with Gasteiger partial charge in [-0.05, 0) is 46.1 Å². The van der Waals surface area contributed by atoms with Crippen molar-refractivity contribution in [3.63, 3.8) is 0 Å². The zero-order chi connectivity index (χ0) is 15.7. The second-order valence-electron chi connectivity index (χ2n) is 6.37. The predicted molar refractivity (Wildman–Crippen MR) is 87.7 cm³/mol. The minimum atomic E-state index is 0.0607. The summed E-state index contributed by atoms with van der Waals surface area (Å²) in [5.41, 5.74) is 3.64. The first-order valence-corrected chi connectivity index (χ1v) is 8.01. The second kappa shape index (κ2) is 5.95. The maximum atomic E-state index is 12.8. The first-order chi connectivity index (χ1) is 10.6. The second-order valence-corrected chi connectivity index (χ2v) is 6.37. The van der Waals surface area contributed by atoms with Gasteiger partial charge in [-0.3, -0.25) is 9.89 Å². The van der Waals surface area contributed by atoms with Crippen molar-refractivity contribution >= 4 is 5.91 Å². The third kappa shape index (κ3) is 2.78. The summed E-state index contributed by atoms with van der Waals surface area (Å²) in [5, 5.41) is 7.23. The van der Waals surface area contributed by atoms with Crippen molar-refractivity contribution in [2.45, 2.75) is 52.1 Å². The number of H-pyrrole nitrogens is 1. The molecular weight excluding hydrogens is 274 g/mol. The Hall–Kier alpha value is -2.10. The molecule has 0 spiro atoms. The lowest BCUT2D eigenvalue weighted by Gasteiger charge is -2.38. The van der Waals surface area contributed by atoms with Gasteiger partial charge in [0, 0.05) is 17.6 Å². The van der Waals surface area contributed by atoms with Crippen LogP contribution in [0.2, 0.25) is 0 Å². The number of nitrogens with one attached hydrogen (secondary N) is 1. The number of piperidine rings is 1. The molecule has 22 heavy (non-hydrogen) atoms. The number of carbonyl (C=O) groups is 1. The standard InChI is InChI=1S/C18H23N3O/c1-12-7-9-15(10-8-12)16-11-17(20-19-16)18(22)21-13(2)5-4-6-14(21)3/h7-11,13-14H,4-6H2,1-3H3,(H,19,20). The van der Waals surface area contributed by atoms with Crippen LogP contribution in [-0.2, 0) is 0 Å². The summed E-state index contributed by atoms with van der Waals surface area (Å²) in [4.78, 5) is 14.8. The van der Waals surface area contributed by atoms with E-state index in [1.165, 1.54) is 12.0 Å². The number of rotatable bonds is 2. The Morgan fingerprint density at radius 3 is 2.45 bits per heavy atom. The molecule has 0 aliphatic carbocycles. The van der Waals surface area contributed by atoms with Gasteiger partial charge in [-0.25, -0.2) is 0 Å². The summed E-state index contributed by atoms with van der Waals surface area (Å²) in [6, 6.07) is 10.6. The predicted octanol–water partition coefficient (Wildman–Crippen LogP) is 3.79. The van der Waals surface area contributed by atoms with Crippen LogP contribution in [0.3, 0.4) is 0 Å². The highest BCUT2D eigenvalue weighted by atomic mass is 16.2. The van der Waals surface area contributed by atoms with Crippen LogP contribution in [0.15, 0.2) is 30.3 Å². The Kier molecular flexibility index (Phi) is 4.01. The van der Waals surface area contributed by atoms with Crippen LogP contribution in [0.1, 0.15) is 49.2 Å². The fourth-order valence-corrected chi connectivity index (χ4v) is 3.26. The molecule has 3 rings (SSSR count). The molecule has 116 valence electrons. The van der Waals surface area contributed by atoms with Gasteiger partial charge in [0.1, 0.15) is 5.69 Å². The summed E-state index contributed by atoms with van der Waals surface area (Å²) in [5.74, 6) is 0.0607. The maximum Gasteiger partial charge on any atom is 0.272 e. The van der Waals surface area contributed by atoms with Gasteiger partial charge >= 0.3 is 0 Å². The number of likely N-dealkylation sites (tertiary alicyclic amines) is 1. The molecule has 2 aromatic rings. The van der Waals surface area contributed by atoms with E-state index in [4.69, 9.17) is 0 Å². The molecule has 1 saturated heterocycles. The van der Waals surface area contributed by atoms with E-state index < -0.39 is 0 Å². The molecule has 4 heteroatoms. The van der Waals surface area contributed by atoms with Crippen molar-refractivity contribution in [1.29, 1.82) is 0 Å². The van der Waals surface area contributed by atoms with Crippen molar-refractivity contribution in [2.75, 3.05) is 0 Å². The van der Waals surface area contributed by atoms with Gasteiger partial charge in [0.2, 0.25) is 0 Å². The molecule has 2 heterocycles. The monoisotopic (exact) mass is 297 g/mol. The lowest BCUT2D eigenvalue weighted by Crippen LogP contribution is -2.47. The number of benzene rings is 1. The topological polar surface area (TPSA) is 49.0 Å². The number of nitrogens with zero attached hydrogens (tertiary/aromatic N) is 2. The van der Waals surface area contributed by atoms with Crippen LogP contribution in [0.25, 0.3) is 11.3 Å². The lowest BCUT2D eigenvalue weighted by molar-refractivity contribution is 0.0504. The number of aromatic nitrogens is 2. The lowest BCUT2D eigenvalue weighted by atomic mass is 9.97. The Balaban J connectivity index is 1.83. The Bertz CT molecular complexity index is 649. The van der Waals surface area contributed by atoms with E-state index in [9.17, 15) is 4.79 Å². The van der Waals surface area contributed by atoms with Crippen molar-refractivity contribution in [1.82, 2.24) is 15.1 Å². The zero-order valence-electron chi connectivity index (χ0n) is 13.5. The van der Waals surface area contributed by atoms with Crippen LogP contribution in [0, 0.1) is 6.92 Å². The van der Waals surface area contributed by atoms with E-state index in [1.807, 2.05) is 23.1 Å². The van der Waals surface area contributed by atoms with Crippen molar-refractivity contribution < 1.29 is 4.79 Å². The first-order valence-electron chi connectivity index (χ1n) is 8.01. The summed E-state index contributed by atoms with van der Waals surface area (Å²) >= 11 is 0. The normalized spacial score (nSPS) is 21.9. The third-order valence-electron chi connectivity index (χ3n) is 4.58. The highest BCUT2D eigenvalue weighted by molar-refractivity contribution is 5.93. The molecular formula is C18H23N3O. The average Bonchev–Trinajstić information content (AvgIpc) is 2.97. The molecule has 0 bridgehead atoms. The van der Waals surface area contributed by atoms with E-state index in [0.717, 1.165) is 24.1 Å². The van der Waals surface area contributed by atoms with E-state index in [1.54, 1.807) is 0 Å². The smallest absolute Gasteiger partial charge is 0.272 e. The number of aromatic amines is 1. The average molecular weight is 297 g/mol. The molecule has 1 aliphatic heterocycles. The van der Waals surface area contributed by atoms with Gasteiger partial charge < -0.3 is 4.90 Å². The van der Waals surface area contributed by atoms with Gasteiger partial charge in [-0.2, -0.15) is 5.10 Å². The fraction of sp³-hybridized carbons (Fsp3) is 0.444. The minimum Gasteiger partial charge on any atom is -0.332 e. The maximum absolute atomic E-state index is 12.8. The zero-order valence-corrected chi connectivity index (χ0v) is 13.5. The van der Waals surface area contributed by atoms with Gasteiger partial charge in [0.05, 0.1) is 5.69 Å². The van der Waals surface area contributed by atoms with Crippen molar-refractivity contribution in [3.05, 3.63) is 41.6 Å². The van der Waals surface area contributed by atoms with Crippen molar-refractivity contribution in [3.8, 4) is 11.3 Å². The van der Waals surface area contributed by atoms with Gasteiger partial charge in [-0.15, -0.1) is 0 Å². The third-order valence-corrected chi connectivity index (χ3v) is 4.58. The van der Waals surface area contributed by atoms with E-state index in [2.05, 4.69) is 43.1 Å². The van der Waals surface area contributed by atoms with Crippen LogP contribution in [-0.4, -0.2) is 33.1 Å². The minimum absolute atomic E-state index is 0.0607. The first kappa shape index (κ1) is 14.8. The van der Waals surface area contributed by atoms with E-state index in [-0.39, 0.29) is 5.91 Å². The van der Waals surface area contributed by atoms with Gasteiger partial charge in [0.25, 0.3) is 5.91 Å². The molecule has 1 fully saturated rings. The van der Waals surface area contributed by atoms with Crippen LogP contribution >= 0.6 is 0 Å². The number of aryl methyl sites for hydroxylation is 1. The summed E-state index contributed by atoms with van der Waals surface area (Å²) in [6.07, 6.45) is 3.35. The molecule has 1 aliphatic rings. The molecule has 1 N–H and O–H groups in total. The van der Waals surface area contributed by atoms with E-state index in [0.29, 0.717) is 17.8 Å². The Labute approximate surface area is 131 Å². The van der Waals surface area contributed by atoms with Crippen LogP contribution in [0.5, 0.6) is 0 Å². The van der Waals surface area contributed by atoms with Gasteiger partial charge in [-0.1, -0.05) is 29.8 Å². The largest absolute Gasteiger partial charge is 0.332 e. The SMILES string of the molecule is Cc1ccc(-c2cc(C(=O)N3C(C)CCCC3C)[nH]n2)cc1. The van der Waals surface area contributed by atoms with Crippen LogP contribution in [0.4, 0.5) is 0 Å². The quantitative estimate of drug-likeness (QED) is 0.917. The van der Waals surface area contributed by atoms with Crippen molar-refractivity contribution in [2.24, 2.45) is 0 Å². The Morgan fingerprint density at radius 1 is 1.18 bits per heavy atom. The van der Waals surface area contributed by atoms with Gasteiger partial charge in [0.15, 0.2) is 0 Å². The Morgan fingerprint density at radius 2 is 1.82 bits per heavy atom. The number of amides is 1. The summed E-state index contributed by atoms with van der Waals surface area (Å²) in [7, 11) is 0. The summed E-state index contributed by atoms with van der Waals surface area (Å²) < 4.78 is 0. The highest BCUT2D eigenvalue weighted by Gasteiger charge is 2.30. The molecule has 1 aromatic heterocycles. The number of carbonyl (C=O) groups excluding carboxylic acids is 1. The van der Waals surface area contributed by atoms with E-state index >= 15 is 0 Å².